The lowest BCUT2D eigenvalue weighted by Gasteiger charge is -2.40. The molecule has 1 aromatic heterocycles. The Morgan fingerprint density at radius 3 is 2.86 bits per heavy atom. The van der Waals surface area contributed by atoms with E-state index in [0.29, 0.717) is 31.1 Å². The molecule has 2 rings (SSSR count). The molecule has 1 saturated heterocycles. The van der Waals surface area contributed by atoms with Crippen LogP contribution in [0.4, 0.5) is 0 Å². The maximum atomic E-state index is 12.6. The fraction of sp³-hybridized carbons (Fsp3) is 0.750. The lowest BCUT2D eigenvalue weighted by atomic mass is 9.92. The monoisotopic (exact) mass is 308 g/mol. The Bertz CT molecular complexity index is 512. The predicted octanol–water partition coefficient (Wildman–Crippen LogP) is 1.07. The van der Waals surface area contributed by atoms with Crippen LogP contribution in [0.15, 0.2) is 12.4 Å². The largest absolute Gasteiger partial charge is 0.387 e. The molecule has 1 atom stereocenters. The van der Waals surface area contributed by atoms with Crippen LogP contribution < -0.4 is 0 Å². The van der Waals surface area contributed by atoms with Crippen molar-refractivity contribution in [2.75, 3.05) is 33.7 Å². The summed E-state index contributed by atoms with van der Waals surface area (Å²) >= 11 is 0. The molecular formula is C16H28N4O2. The Morgan fingerprint density at radius 2 is 2.23 bits per heavy atom. The number of likely N-dealkylation sites (N-methyl/N-ethyl adjacent to an activating group) is 1. The fourth-order valence-corrected chi connectivity index (χ4v) is 3.13. The first-order valence-electron chi connectivity index (χ1n) is 7.98. The highest BCUT2D eigenvalue weighted by atomic mass is 16.3. The molecule has 0 bridgehead atoms. The van der Waals surface area contributed by atoms with Gasteiger partial charge in [-0.1, -0.05) is 13.8 Å². The minimum atomic E-state index is -0.814. The second kappa shape index (κ2) is 6.79. The van der Waals surface area contributed by atoms with Gasteiger partial charge in [0.2, 0.25) is 0 Å². The zero-order chi connectivity index (χ0) is 16.3. The van der Waals surface area contributed by atoms with Crippen LogP contribution in [-0.4, -0.2) is 69.9 Å². The topological polar surface area (TPSA) is 61.6 Å². The van der Waals surface area contributed by atoms with E-state index < -0.39 is 5.60 Å². The van der Waals surface area contributed by atoms with Crippen LogP contribution in [0.5, 0.6) is 0 Å². The van der Waals surface area contributed by atoms with Crippen molar-refractivity contribution in [3.63, 3.8) is 0 Å². The van der Waals surface area contributed by atoms with Crippen molar-refractivity contribution in [2.45, 2.75) is 38.8 Å². The van der Waals surface area contributed by atoms with Crippen LogP contribution in [0.25, 0.3) is 0 Å². The average Bonchev–Trinajstić information content (AvgIpc) is 2.84. The number of aliphatic hydroxyl groups is 1. The molecule has 22 heavy (non-hydrogen) atoms. The molecule has 2 heterocycles. The molecule has 0 spiro atoms. The summed E-state index contributed by atoms with van der Waals surface area (Å²) in [5, 5.41) is 14.9. The highest BCUT2D eigenvalue weighted by Crippen LogP contribution is 2.23. The summed E-state index contributed by atoms with van der Waals surface area (Å²) in [4.78, 5) is 16.3. The van der Waals surface area contributed by atoms with E-state index in [1.165, 1.54) is 0 Å². The highest BCUT2D eigenvalue weighted by Gasteiger charge is 2.36. The Labute approximate surface area is 132 Å². The van der Waals surface area contributed by atoms with E-state index in [4.69, 9.17) is 0 Å². The molecule has 1 fully saturated rings. The summed E-state index contributed by atoms with van der Waals surface area (Å²) in [6.45, 7) is 6.70. The summed E-state index contributed by atoms with van der Waals surface area (Å²) in [5.41, 5.74) is -0.208. The van der Waals surface area contributed by atoms with E-state index in [2.05, 4.69) is 18.9 Å². The second-order valence-electron chi connectivity index (χ2n) is 7.14. The molecule has 1 aliphatic heterocycles. The zero-order valence-electron chi connectivity index (χ0n) is 14.1. The van der Waals surface area contributed by atoms with Gasteiger partial charge in [-0.3, -0.25) is 9.48 Å². The molecule has 1 amide bonds. The van der Waals surface area contributed by atoms with Crippen LogP contribution in [0.1, 0.15) is 37.0 Å². The van der Waals surface area contributed by atoms with E-state index in [1.807, 2.05) is 29.9 Å². The number of carbonyl (C=O) groups excluding carboxylic acids is 1. The van der Waals surface area contributed by atoms with E-state index >= 15 is 0 Å². The first-order chi connectivity index (χ1) is 10.3. The third-order valence-corrected chi connectivity index (χ3v) is 3.89. The summed E-state index contributed by atoms with van der Waals surface area (Å²) in [6, 6.07) is 0. The number of amides is 1. The third kappa shape index (κ3) is 4.30. The van der Waals surface area contributed by atoms with E-state index in [1.54, 1.807) is 11.1 Å². The molecule has 0 radical (unpaired) electrons. The number of rotatable bonds is 5. The van der Waals surface area contributed by atoms with Gasteiger partial charge >= 0.3 is 0 Å². The van der Waals surface area contributed by atoms with Gasteiger partial charge in [-0.05, 0) is 32.9 Å². The highest BCUT2D eigenvalue weighted by molar-refractivity contribution is 5.93. The van der Waals surface area contributed by atoms with Gasteiger partial charge in [0.15, 0.2) is 0 Å². The van der Waals surface area contributed by atoms with Gasteiger partial charge in [0.1, 0.15) is 0 Å². The van der Waals surface area contributed by atoms with Crippen molar-refractivity contribution in [1.29, 1.82) is 0 Å². The quantitative estimate of drug-likeness (QED) is 0.884. The standard InChI is InChI=1S/C16H28N4O2/c1-13(2)9-20-10-14(8-17-20)15(21)19-7-5-6-16(22,12-19)11-18(3)4/h8,10,13,22H,5-7,9,11-12H2,1-4H3/t16-/m1/s1. The first kappa shape index (κ1) is 17.0. The summed E-state index contributed by atoms with van der Waals surface area (Å²) in [7, 11) is 3.88. The van der Waals surface area contributed by atoms with Crippen LogP contribution in [0, 0.1) is 5.92 Å². The van der Waals surface area contributed by atoms with Crippen LogP contribution in [0.2, 0.25) is 0 Å². The molecule has 0 unspecified atom stereocenters. The van der Waals surface area contributed by atoms with Crippen molar-refractivity contribution < 1.29 is 9.90 Å². The minimum Gasteiger partial charge on any atom is -0.387 e. The number of piperidine rings is 1. The number of nitrogens with zero attached hydrogens (tertiary/aromatic N) is 4. The van der Waals surface area contributed by atoms with Gasteiger partial charge in [0, 0.05) is 25.8 Å². The average molecular weight is 308 g/mol. The van der Waals surface area contributed by atoms with Crippen molar-refractivity contribution >= 4 is 5.91 Å². The van der Waals surface area contributed by atoms with Crippen LogP contribution >= 0.6 is 0 Å². The van der Waals surface area contributed by atoms with Crippen LogP contribution in [0.3, 0.4) is 0 Å². The van der Waals surface area contributed by atoms with E-state index in [-0.39, 0.29) is 5.91 Å². The fourth-order valence-electron chi connectivity index (χ4n) is 3.13. The molecule has 1 aliphatic rings. The van der Waals surface area contributed by atoms with Crippen molar-refractivity contribution in [2.24, 2.45) is 5.92 Å². The van der Waals surface area contributed by atoms with Crippen molar-refractivity contribution in [3.8, 4) is 0 Å². The van der Waals surface area contributed by atoms with Crippen LogP contribution in [-0.2, 0) is 6.54 Å². The molecule has 0 saturated carbocycles. The molecule has 0 aromatic carbocycles. The number of hydrogen-bond donors (Lipinski definition) is 1. The Kier molecular flexibility index (Phi) is 5.24. The van der Waals surface area contributed by atoms with Crippen molar-refractivity contribution in [3.05, 3.63) is 18.0 Å². The number of carbonyl (C=O) groups is 1. The molecule has 0 aliphatic carbocycles. The summed E-state index contributed by atoms with van der Waals surface area (Å²) in [6.07, 6.45) is 5.00. The van der Waals surface area contributed by atoms with E-state index in [0.717, 1.165) is 19.4 Å². The van der Waals surface area contributed by atoms with Gasteiger partial charge in [-0.15, -0.1) is 0 Å². The smallest absolute Gasteiger partial charge is 0.257 e. The van der Waals surface area contributed by atoms with Crippen molar-refractivity contribution in [1.82, 2.24) is 19.6 Å². The van der Waals surface area contributed by atoms with Gasteiger partial charge in [0.05, 0.1) is 23.9 Å². The molecule has 6 heteroatoms. The SMILES string of the molecule is CC(C)Cn1cc(C(=O)N2CCC[C@@](O)(CN(C)C)C2)cn1. The number of aromatic nitrogens is 2. The molecular weight excluding hydrogens is 280 g/mol. The van der Waals surface area contributed by atoms with Gasteiger partial charge in [0.25, 0.3) is 5.91 Å². The predicted molar refractivity (Wildman–Crippen MR) is 85.7 cm³/mol. The maximum absolute atomic E-state index is 12.6. The summed E-state index contributed by atoms with van der Waals surface area (Å²) in [5.74, 6) is 0.454. The van der Waals surface area contributed by atoms with Gasteiger partial charge in [-0.25, -0.2) is 0 Å². The molecule has 1 aromatic rings. The Hall–Kier alpha value is -1.40. The maximum Gasteiger partial charge on any atom is 0.257 e. The Balaban J connectivity index is 2.04. The van der Waals surface area contributed by atoms with Gasteiger partial charge in [-0.2, -0.15) is 5.10 Å². The number of hydrogen-bond acceptors (Lipinski definition) is 4. The molecule has 124 valence electrons. The molecule has 1 N–H and O–H groups in total. The Morgan fingerprint density at radius 1 is 1.50 bits per heavy atom. The minimum absolute atomic E-state index is 0.0353. The van der Waals surface area contributed by atoms with Gasteiger partial charge < -0.3 is 14.9 Å². The normalized spacial score (nSPS) is 22.6. The number of β-amino-alcohol motifs (C(OH)–C–C–N with tert-alkyl or cyclic N) is 1. The second-order valence-corrected chi connectivity index (χ2v) is 7.14. The lowest BCUT2D eigenvalue weighted by molar-refractivity contribution is -0.0391. The van der Waals surface area contributed by atoms with E-state index in [9.17, 15) is 9.90 Å². The lowest BCUT2D eigenvalue weighted by Crippen LogP contribution is -2.54. The zero-order valence-corrected chi connectivity index (χ0v) is 14.1. The molecule has 6 nitrogen and oxygen atoms in total. The summed E-state index contributed by atoms with van der Waals surface area (Å²) < 4.78 is 1.81. The number of likely N-dealkylation sites (tertiary alicyclic amines) is 1. The third-order valence-electron chi connectivity index (χ3n) is 3.89. The first-order valence-corrected chi connectivity index (χ1v) is 7.98.